The van der Waals surface area contributed by atoms with Gasteiger partial charge in [0.1, 0.15) is 0 Å². The van der Waals surface area contributed by atoms with Crippen LogP contribution in [0.1, 0.15) is 12.8 Å². The molecule has 0 radical (unpaired) electrons. The summed E-state index contributed by atoms with van der Waals surface area (Å²) >= 11 is 0. The summed E-state index contributed by atoms with van der Waals surface area (Å²) in [6, 6.07) is 0. The fraction of sp³-hybridized carbons (Fsp3) is 0.889. The van der Waals surface area contributed by atoms with Crippen molar-refractivity contribution in [2.24, 2.45) is 0 Å². The Morgan fingerprint density at radius 3 is 2.20 bits per heavy atom. The molecule has 0 saturated carbocycles. The summed E-state index contributed by atoms with van der Waals surface area (Å²) in [6.45, 7) is 0.240. The van der Waals surface area contributed by atoms with Gasteiger partial charge in [0.05, 0.1) is 19.8 Å². The van der Waals surface area contributed by atoms with Crippen LogP contribution < -0.4 is 9.44 Å². The molecule has 0 bridgehead atoms. The monoisotopic (exact) mass is 331 g/mol. The molecule has 2 N–H and O–H groups in total. The quantitative estimate of drug-likeness (QED) is 0.362. The Morgan fingerprint density at radius 2 is 1.70 bits per heavy atom. The lowest BCUT2D eigenvalue weighted by Gasteiger charge is -2.17. The molecule has 9 nitrogen and oxygen atoms in total. The summed E-state index contributed by atoms with van der Waals surface area (Å²) in [4.78, 5) is 10.9. The smallest absolute Gasteiger partial charge is 0.306 e. The van der Waals surface area contributed by atoms with E-state index < -0.39 is 26.2 Å². The zero-order valence-electron chi connectivity index (χ0n) is 11.7. The summed E-state index contributed by atoms with van der Waals surface area (Å²) in [7, 11) is -4.39. The van der Waals surface area contributed by atoms with Crippen molar-refractivity contribution in [1.29, 1.82) is 0 Å². The maximum absolute atomic E-state index is 11.7. The summed E-state index contributed by atoms with van der Waals surface area (Å²) < 4.78 is 54.9. The maximum Gasteiger partial charge on any atom is 0.306 e. The molecular formula is C9H21N3O6S2. The van der Waals surface area contributed by atoms with Gasteiger partial charge in [-0.1, -0.05) is 0 Å². The molecule has 0 aliphatic heterocycles. The van der Waals surface area contributed by atoms with Crippen LogP contribution in [0.2, 0.25) is 0 Å². The number of carbonyl (C=O) groups is 1. The lowest BCUT2D eigenvalue weighted by Crippen LogP contribution is -2.40. The van der Waals surface area contributed by atoms with Gasteiger partial charge >= 0.3 is 5.97 Å². The first-order valence-corrected chi connectivity index (χ1v) is 9.14. The molecule has 0 saturated heterocycles. The zero-order valence-corrected chi connectivity index (χ0v) is 13.4. The normalized spacial score (nSPS) is 12.6. The third-order valence-corrected chi connectivity index (χ3v) is 4.57. The van der Waals surface area contributed by atoms with E-state index in [-0.39, 0.29) is 26.1 Å². The van der Waals surface area contributed by atoms with Gasteiger partial charge in [0.15, 0.2) is 0 Å². The highest BCUT2D eigenvalue weighted by atomic mass is 32.2. The number of hydrogen-bond donors (Lipinski definition) is 2. The van der Waals surface area contributed by atoms with Crippen molar-refractivity contribution in [3.8, 4) is 0 Å². The highest BCUT2D eigenvalue weighted by molar-refractivity contribution is 7.88. The average molecular weight is 331 g/mol. The molecule has 0 heterocycles. The van der Waals surface area contributed by atoms with E-state index >= 15 is 0 Å². The summed E-state index contributed by atoms with van der Waals surface area (Å²) in [5, 5.41) is 0. The fourth-order valence-corrected chi connectivity index (χ4v) is 2.60. The van der Waals surface area contributed by atoms with Gasteiger partial charge in [-0.05, 0) is 6.42 Å². The van der Waals surface area contributed by atoms with Crippen molar-refractivity contribution in [3.63, 3.8) is 0 Å². The van der Waals surface area contributed by atoms with E-state index in [4.69, 9.17) is 0 Å². The van der Waals surface area contributed by atoms with E-state index in [1.54, 1.807) is 0 Å². The Kier molecular flexibility index (Phi) is 8.20. The molecule has 11 heteroatoms. The molecule has 0 aromatic rings. The van der Waals surface area contributed by atoms with Crippen LogP contribution in [0, 0.1) is 0 Å². The topological polar surface area (TPSA) is 122 Å². The number of methoxy groups -OCH3 is 1. The van der Waals surface area contributed by atoms with Crippen molar-refractivity contribution in [1.82, 2.24) is 13.7 Å². The predicted octanol–water partition coefficient (Wildman–Crippen LogP) is -1.74. The number of nitrogens with one attached hydrogen (secondary N) is 2. The molecule has 0 amide bonds. The number of esters is 1. The molecule has 20 heavy (non-hydrogen) atoms. The standard InChI is InChI=1S/C9H21N3O6S2/c1-12(8-5-9(13)18-2)20(16,17)11-7-4-6-10-19(3,14)15/h10-11H,4-8H2,1-3H3. The van der Waals surface area contributed by atoms with E-state index in [1.807, 2.05) is 0 Å². The zero-order chi connectivity index (χ0) is 15.8. The first-order valence-electron chi connectivity index (χ1n) is 5.81. The summed E-state index contributed by atoms with van der Waals surface area (Å²) in [5.74, 6) is -0.496. The van der Waals surface area contributed by atoms with Crippen LogP contribution in [0.5, 0.6) is 0 Å². The first-order chi connectivity index (χ1) is 9.08. The van der Waals surface area contributed by atoms with E-state index in [9.17, 15) is 21.6 Å². The molecule has 0 aromatic carbocycles. The van der Waals surface area contributed by atoms with E-state index in [0.29, 0.717) is 6.42 Å². The molecular weight excluding hydrogens is 310 g/mol. The molecule has 0 spiro atoms. The number of hydrogen-bond acceptors (Lipinski definition) is 6. The van der Waals surface area contributed by atoms with E-state index in [1.165, 1.54) is 14.2 Å². The van der Waals surface area contributed by atoms with Crippen molar-refractivity contribution in [3.05, 3.63) is 0 Å². The average Bonchev–Trinajstić information content (AvgIpc) is 2.33. The SMILES string of the molecule is COC(=O)CCN(C)S(=O)(=O)NCCCNS(C)(=O)=O. The lowest BCUT2D eigenvalue weighted by atomic mass is 10.4. The van der Waals surface area contributed by atoms with Gasteiger partial charge in [-0.15, -0.1) is 0 Å². The Labute approximate surface area is 119 Å². The third-order valence-electron chi connectivity index (χ3n) is 2.27. The van der Waals surface area contributed by atoms with Gasteiger partial charge in [-0.3, -0.25) is 4.79 Å². The molecule has 0 atom stereocenters. The molecule has 0 aliphatic carbocycles. The molecule has 0 aromatic heterocycles. The van der Waals surface area contributed by atoms with Gasteiger partial charge in [-0.2, -0.15) is 12.7 Å². The lowest BCUT2D eigenvalue weighted by molar-refractivity contribution is -0.140. The summed E-state index contributed by atoms with van der Waals surface area (Å²) in [5.41, 5.74) is 0. The van der Waals surface area contributed by atoms with Gasteiger partial charge < -0.3 is 4.74 Å². The first kappa shape index (κ1) is 19.2. The predicted molar refractivity (Wildman–Crippen MR) is 73.6 cm³/mol. The second-order valence-corrected chi connectivity index (χ2v) is 7.76. The Morgan fingerprint density at radius 1 is 1.15 bits per heavy atom. The van der Waals surface area contributed by atoms with Gasteiger partial charge in [0.2, 0.25) is 10.0 Å². The second-order valence-electron chi connectivity index (χ2n) is 4.07. The molecule has 120 valence electrons. The number of nitrogens with zero attached hydrogens (tertiary/aromatic N) is 1. The summed E-state index contributed by atoms with van der Waals surface area (Å²) in [6.07, 6.45) is 1.30. The van der Waals surface area contributed by atoms with Crippen LogP contribution in [0.15, 0.2) is 0 Å². The van der Waals surface area contributed by atoms with Crippen LogP contribution in [0.3, 0.4) is 0 Å². The van der Waals surface area contributed by atoms with Crippen molar-refractivity contribution in [2.75, 3.05) is 40.0 Å². The third kappa shape index (κ3) is 9.20. The van der Waals surface area contributed by atoms with Crippen molar-refractivity contribution in [2.45, 2.75) is 12.8 Å². The highest BCUT2D eigenvalue weighted by Gasteiger charge is 2.17. The van der Waals surface area contributed by atoms with Crippen LogP contribution in [0.4, 0.5) is 0 Å². The molecule has 0 fully saturated rings. The van der Waals surface area contributed by atoms with Gasteiger partial charge in [0.25, 0.3) is 10.2 Å². The Bertz CT molecular complexity index is 502. The van der Waals surface area contributed by atoms with Crippen molar-refractivity contribution >= 4 is 26.2 Å². The van der Waals surface area contributed by atoms with Crippen molar-refractivity contribution < 1.29 is 26.4 Å². The fourth-order valence-electron chi connectivity index (χ4n) is 1.13. The minimum absolute atomic E-state index is 0.00357. The minimum atomic E-state index is -3.68. The second kappa shape index (κ2) is 8.52. The van der Waals surface area contributed by atoms with Crippen LogP contribution >= 0.6 is 0 Å². The largest absolute Gasteiger partial charge is 0.469 e. The Hall–Kier alpha value is -0.750. The van der Waals surface area contributed by atoms with Gasteiger partial charge in [0, 0.05) is 26.7 Å². The van der Waals surface area contributed by atoms with Crippen LogP contribution in [-0.4, -0.2) is 67.2 Å². The molecule has 0 aliphatic rings. The molecule has 0 unspecified atom stereocenters. The molecule has 0 rings (SSSR count). The highest BCUT2D eigenvalue weighted by Crippen LogP contribution is 1.97. The van der Waals surface area contributed by atoms with E-state index in [0.717, 1.165) is 10.6 Å². The van der Waals surface area contributed by atoms with Crippen LogP contribution in [0.25, 0.3) is 0 Å². The Balaban J connectivity index is 4.03. The van der Waals surface area contributed by atoms with E-state index in [2.05, 4.69) is 14.2 Å². The number of rotatable bonds is 10. The number of carbonyl (C=O) groups excluding carboxylic acids is 1. The maximum atomic E-state index is 11.7. The minimum Gasteiger partial charge on any atom is -0.469 e. The number of ether oxygens (including phenoxy) is 1. The van der Waals surface area contributed by atoms with Gasteiger partial charge in [-0.25, -0.2) is 17.9 Å². The van der Waals surface area contributed by atoms with Crippen LogP contribution in [-0.2, 0) is 29.8 Å². The number of sulfonamides is 1.